The lowest BCUT2D eigenvalue weighted by molar-refractivity contribution is -0.137. The quantitative estimate of drug-likeness (QED) is 0.398. The molecule has 0 saturated heterocycles. The van der Waals surface area contributed by atoms with Gasteiger partial charge in [-0.2, -0.15) is 27.1 Å². The molecule has 5 nitrogen and oxygen atoms in total. The number of ether oxygens (including phenoxy) is 1. The third kappa shape index (κ3) is 5.89. The Morgan fingerprint density at radius 2 is 1.87 bits per heavy atom. The van der Waals surface area contributed by atoms with Crippen LogP contribution in [0.25, 0.3) is 0 Å². The Morgan fingerprint density at radius 1 is 1.10 bits per heavy atom. The first-order chi connectivity index (χ1) is 14.2. The highest BCUT2D eigenvalue weighted by molar-refractivity contribution is 7.80. The zero-order valence-corrected chi connectivity index (χ0v) is 16.0. The monoisotopic (exact) mass is 442 g/mol. The number of thiocarbonyl (C=S) groups is 1. The van der Waals surface area contributed by atoms with Crippen molar-refractivity contribution in [3.63, 3.8) is 0 Å². The number of hydrogen-bond acceptors (Lipinski definition) is 3. The van der Waals surface area contributed by atoms with Crippen LogP contribution in [0.2, 0.25) is 0 Å². The molecule has 0 spiro atoms. The van der Waals surface area contributed by atoms with Crippen LogP contribution in [0.3, 0.4) is 0 Å². The molecule has 0 radical (unpaired) electrons. The molecule has 158 valence electrons. The maximum Gasteiger partial charge on any atom is 0.416 e. The fraction of sp³-hybridized carbons (Fsp3) is 0.158. The van der Waals surface area contributed by atoms with Crippen LogP contribution in [-0.4, -0.2) is 21.5 Å². The lowest BCUT2D eigenvalue weighted by Crippen LogP contribution is -2.19. The highest BCUT2D eigenvalue weighted by Crippen LogP contribution is 2.30. The van der Waals surface area contributed by atoms with Crippen LogP contribution in [-0.2, 0) is 12.7 Å². The summed E-state index contributed by atoms with van der Waals surface area (Å²) in [6, 6.07) is 11.0. The van der Waals surface area contributed by atoms with E-state index in [2.05, 4.69) is 20.5 Å². The molecule has 0 aliphatic carbocycles. The summed E-state index contributed by atoms with van der Waals surface area (Å²) in [7, 11) is 0. The third-order valence-electron chi connectivity index (χ3n) is 3.84. The summed E-state index contributed by atoms with van der Waals surface area (Å²) >= 11 is 5.16. The molecular weight excluding hydrogens is 427 g/mol. The number of para-hydroxylation sites is 2. The van der Waals surface area contributed by atoms with E-state index in [-0.39, 0.29) is 23.1 Å². The largest absolute Gasteiger partial charge is 0.433 e. The Balaban J connectivity index is 1.63. The summed E-state index contributed by atoms with van der Waals surface area (Å²) < 4.78 is 69.3. The number of alkyl halides is 5. The van der Waals surface area contributed by atoms with Crippen molar-refractivity contribution in [3.8, 4) is 5.75 Å². The van der Waals surface area contributed by atoms with Crippen molar-refractivity contribution in [1.29, 1.82) is 0 Å². The normalized spacial score (nSPS) is 11.4. The molecule has 3 rings (SSSR count). The summed E-state index contributed by atoms with van der Waals surface area (Å²) in [4.78, 5) is 0. The van der Waals surface area contributed by atoms with Crippen LogP contribution < -0.4 is 15.4 Å². The third-order valence-corrected chi connectivity index (χ3v) is 4.05. The molecule has 3 aromatic rings. The van der Waals surface area contributed by atoms with Crippen molar-refractivity contribution in [2.45, 2.75) is 19.3 Å². The van der Waals surface area contributed by atoms with Crippen molar-refractivity contribution in [3.05, 3.63) is 72.1 Å². The number of hydrogen-bond donors (Lipinski definition) is 2. The fourth-order valence-electron chi connectivity index (χ4n) is 2.60. The van der Waals surface area contributed by atoms with E-state index >= 15 is 0 Å². The minimum Gasteiger partial charge on any atom is -0.433 e. The molecule has 0 aliphatic rings. The van der Waals surface area contributed by atoms with Gasteiger partial charge in [0.15, 0.2) is 5.11 Å². The van der Waals surface area contributed by atoms with Gasteiger partial charge in [0, 0.05) is 6.20 Å². The zero-order chi connectivity index (χ0) is 21.7. The Kier molecular flexibility index (Phi) is 6.50. The highest BCUT2D eigenvalue weighted by atomic mass is 32.1. The lowest BCUT2D eigenvalue weighted by atomic mass is 10.1. The van der Waals surface area contributed by atoms with Gasteiger partial charge in [0.1, 0.15) is 5.75 Å². The van der Waals surface area contributed by atoms with Crippen LogP contribution >= 0.6 is 12.2 Å². The highest BCUT2D eigenvalue weighted by Gasteiger charge is 2.30. The second-order valence-electron chi connectivity index (χ2n) is 6.08. The molecule has 0 saturated carbocycles. The van der Waals surface area contributed by atoms with Crippen molar-refractivity contribution < 1.29 is 26.7 Å². The van der Waals surface area contributed by atoms with Gasteiger partial charge in [-0.1, -0.05) is 24.3 Å². The maximum atomic E-state index is 12.8. The number of rotatable bonds is 6. The fourth-order valence-corrected chi connectivity index (χ4v) is 2.83. The molecule has 11 heteroatoms. The SMILES string of the molecule is FC(F)Oc1ccccc1NC(=S)Nc1cnn(Cc2cccc(C(F)(F)F)c2)c1. The summed E-state index contributed by atoms with van der Waals surface area (Å²) in [6.07, 6.45) is -1.44. The van der Waals surface area contributed by atoms with Crippen LogP contribution in [0, 0.1) is 0 Å². The zero-order valence-electron chi connectivity index (χ0n) is 15.2. The van der Waals surface area contributed by atoms with Gasteiger partial charge in [-0.15, -0.1) is 0 Å². The first-order valence-corrected chi connectivity index (χ1v) is 8.92. The Labute approximate surface area is 173 Å². The summed E-state index contributed by atoms with van der Waals surface area (Å²) in [5, 5.41) is 9.75. The van der Waals surface area contributed by atoms with Crippen LogP contribution in [0.5, 0.6) is 5.75 Å². The number of halogens is 5. The van der Waals surface area contributed by atoms with E-state index in [1.807, 2.05) is 0 Å². The Hall–Kier alpha value is -3.21. The molecule has 0 aliphatic heterocycles. The standard InChI is InChI=1S/C19H15F5N4OS/c20-17(21)29-16-7-2-1-6-15(16)27-18(30)26-14-9-25-28(11-14)10-12-4-3-5-13(8-12)19(22,23)24/h1-9,11,17H,10H2,(H2,26,27,30). The molecular formula is C19H15F5N4OS. The minimum atomic E-state index is -4.42. The molecule has 30 heavy (non-hydrogen) atoms. The van der Waals surface area contributed by atoms with Gasteiger partial charge in [0.25, 0.3) is 0 Å². The average Bonchev–Trinajstić information content (AvgIpc) is 3.09. The number of nitrogens with one attached hydrogen (secondary N) is 2. The molecule has 2 aromatic carbocycles. The van der Waals surface area contributed by atoms with Gasteiger partial charge in [-0.05, 0) is 42.0 Å². The Bertz CT molecular complexity index is 1020. The van der Waals surface area contributed by atoms with Crippen LogP contribution in [0.4, 0.5) is 33.3 Å². The maximum absolute atomic E-state index is 12.8. The molecule has 0 bridgehead atoms. The van der Waals surface area contributed by atoms with E-state index in [4.69, 9.17) is 12.2 Å². The first kappa shape index (κ1) is 21.5. The Morgan fingerprint density at radius 3 is 2.60 bits per heavy atom. The van der Waals surface area contributed by atoms with Crippen LogP contribution in [0.1, 0.15) is 11.1 Å². The van der Waals surface area contributed by atoms with Crippen molar-refractivity contribution >= 4 is 28.7 Å². The van der Waals surface area contributed by atoms with Crippen molar-refractivity contribution in [2.75, 3.05) is 10.6 Å². The van der Waals surface area contributed by atoms with Gasteiger partial charge in [-0.25, -0.2) is 0 Å². The minimum absolute atomic E-state index is 0.0723. The number of aromatic nitrogens is 2. The van der Waals surface area contributed by atoms with Crippen LogP contribution in [0.15, 0.2) is 60.9 Å². The van der Waals surface area contributed by atoms with Gasteiger partial charge >= 0.3 is 12.8 Å². The predicted molar refractivity (Wildman–Crippen MR) is 106 cm³/mol. The second-order valence-corrected chi connectivity index (χ2v) is 6.49. The van der Waals surface area contributed by atoms with Gasteiger partial charge in [0.2, 0.25) is 0 Å². The number of benzene rings is 2. The van der Waals surface area contributed by atoms with E-state index in [1.165, 1.54) is 35.1 Å². The predicted octanol–water partition coefficient (Wildman–Crippen LogP) is 5.36. The number of anilines is 2. The van der Waals surface area contributed by atoms with E-state index in [9.17, 15) is 22.0 Å². The van der Waals surface area contributed by atoms with Gasteiger partial charge in [-0.3, -0.25) is 4.68 Å². The van der Waals surface area contributed by atoms with E-state index < -0.39 is 18.4 Å². The van der Waals surface area contributed by atoms with Gasteiger partial charge < -0.3 is 15.4 Å². The van der Waals surface area contributed by atoms with Crippen molar-refractivity contribution in [2.24, 2.45) is 0 Å². The molecule has 0 atom stereocenters. The van der Waals surface area contributed by atoms with E-state index in [0.717, 1.165) is 12.1 Å². The van der Waals surface area contributed by atoms with Crippen molar-refractivity contribution in [1.82, 2.24) is 9.78 Å². The van der Waals surface area contributed by atoms with E-state index in [1.54, 1.807) is 18.3 Å². The molecule has 0 unspecified atom stereocenters. The summed E-state index contributed by atoms with van der Waals surface area (Å²) in [6.45, 7) is -2.86. The topological polar surface area (TPSA) is 51.1 Å². The molecule has 1 heterocycles. The molecule has 0 fully saturated rings. The molecule has 1 aromatic heterocycles. The van der Waals surface area contributed by atoms with Gasteiger partial charge in [0.05, 0.1) is 29.7 Å². The van der Waals surface area contributed by atoms with E-state index in [0.29, 0.717) is 11.3 Å². The molecule has 0 amide bonds. The molecule has 2 N–H and O–H groups in total. The smallest absolute Gasteiger partial charge is 0.416 e. The second kappa shape index (κ2) is 9.08. The lowest BCUT2D eigenvalue weighted by Gasteiger charge is -2.13. The average molecular weight is 442 g/mol. The number of nitrogens with zero attached hydrogens (tertiary/aromatic N) is 2. The first-order valence-electron chi connectivity index (χ1n) is 8.51. The summed E-state index contributed by atoms with van der Waals surface area (Å²) in [5.41, 5.74) is 0.400. The summed E-state index contributed by atoms with van der Waals surface area (Å²) in [5.74, 6) is -0.0723.